The first kappa shape index (κ1) is 104. The minimum absolute atomic E-state index is 0. The lowest BCUT2D eigenvalue weighted by Gasteiger charge is -2.28. The number of furan rings is 5. The van der Waals surface area contributed by atoms with Gasteiger partial charge in [-0.1, -0.05) is 216 Å². The molecule has 5 fully saturated rings. The Balaban J connectivity index is 0.000000141. The molecule has 4 amide bonds. The van der Waals surface area contributed by atoms with E-state index in [1.807, 2.05) is 193 Å². The lowest BCUT2D eigenvalue weighted by molar-refractivity contribution is -0.191. The Morgan fingerprint density at radius 1 is 0.493 bits per heavy atom. The number of amides is 4. The summed E-state index contributed by atoms with van der Waals surface area (Å²) in [7, 11) is 0. The van der Waals surface area contributed by atoms with E-state index in [1.165, 1.54) is 51.4 Å². The molecule has 0 unspecified atom stereocenters. The molecular formula is C119H137N5O18. The highest BCUT2D eigenvalue weighted by molar-refractivity contribution is 5.88. The molecule has 0 radical (unpaired) electrons. The van der Waals surface area contributed by atoms with Crippen LogP contribution in [-0.4, -0.2) is 160 Å². The van der Waals surface area contributed by atoms with E-state index >= 15 is 0 Å². The number of carbonyl (C=O) groups excluding carboxylic acids is 6. The third-order valence-electron chi connectivity index (χ3n) is 27.7. The molecular weight excluding hydrogens is 1790 g/mol. The van der Waals surface area contributed by atoms with Crippen LogP contribution in [-0.2, 0) is 106 Å². The van der Waals surface area contributed by atoms with E-state index in [0.717, 1.165) is 243 Å². The van der Waals surface area contributed by atoms with Crippen LogP contribution < -0.4 is 10.1 Å². The van der Waals surface area contributed by atoms with Crippen molar-refractivity contribution in [2.24, 2.45) is 11.8 Å². The van der Waals surface area contributed by atoms with Crippen LogP contribution in [0, 0.1) is 11.8 Å². The zero-order valence-corrected chi connectivity index (χ0v) is 81.3. The fraction of sp³-hybridized carbons (Fsp3) is 0.387. The summed E-state index contributed by atoms with van der Waals surface area (Å²) in [5, 5.41) is 46.2. The van der Waals surface area contributed by atoms with Gasteiger partial charge in [0.05, 0.1) is 13.2 Å². The molecule has 0 aliphatic carbocycles. The van der Waals surface area contributed by atoms with Gasteiger partial charge in [-0.15, -0.1) is 0 Å². The number of aryl methyl sites for hydroxylation is 3. The Kier molecular flexibility index (Phi) is 38.8. The Morgan fingerprint density at radius 2 is 0.951 bits per heavy atom. The highest BCUT2D eigenvalue weighted by atomic mass is 16.6. The minimum atomic E-state index is -0.267. The van der Waals surface area contributed by atoms with Crippen molar-refractivity contribution in [2.45, 2.75) is 226 Å². The maximum Gasteiger partial charge on any atom is 0.410 e. The zero-order chi connectivity index (χ0) is 98.2. The molecule has 23 heteroatoms. The highest BCUT2D eigenvalue weighted by Crippen LogP contribution is 2.39. The molecule has 7 aliphatic heterocycles. The number of nitrogens with zero attached hydrogens (tertiary/aromatic N) is 4. The quantitative estimate of drug-likeness (QED) is 0.0355. The second kappa shape index (κ2) is 52.8. The van der Waals surface area contributed by atoms with E-state index in [9.17, 15) is 29.4 Å². The number of benzene rings is 9. The Hall–Kier alpha value is -13.5. The zero-order valence-electron chi connectivity index (χ0n) is 81.3. The van der Waals surface area contributed by atoms with Crippen LogP contribution in [0.1, 0.15) is 197 Å². The SMILES string of the molecule is C.CC/C=C/c1oc2ccccc2c1C[C@@H]1CCCN1C(=O)OCc1ccccc1.C[C@@H](Cc1ccc(O)cc1)C(=O)N1CCC[C@H]1Cc1c(CCCO)oc2ccccc12.C[C@H]1Cc2ccc(cc2)OCCCc2oc3ccccc3c2C[C@@H]2CCCN2C1=O.O=C(OCc1ccccc1)N1CCC[C@H]1Cc1c(/C=C/CO)oc2ccccc12.O=C=O.OCCCc1oc2ccccc2c1C[C@@H]1CCCN1. The van der Waals surface area contributed by atoms with Gasteiger partial charge in [0, 0.05) is 155 Å². The van der Waals surface area contributed by atoms with Crippen LogP contribution in [0.2, 0.25) is 0 Å². The van der Waals surface area contributed by atoms with Crippen molar-refractivity contribution in [2.75, 3.05) is 59.2 Å². The average Bonchev–Trinajstić information content (AvgIpc) is 1.65. The number of fused-ring (bicyclic) bond motifs is 12. The minimum Gasteiger partial charge on any atom is -0.508 e. The Bertz CT molecular complexity index is 6290. The third kappa shape index (κ3) is 27.4. The molecule has 142 heavy (non-hydrogen) atoms. The summed E-state index contributed by atoms with van der Waals surface area (Å²) in [5.74, 6) is 6.15. The smallest absolute Gasteiger partial charge is 0.410 e. The van der Waals surface area contributed by atoms with Crippen LogP contribution in [0.3, 0.4) is 0 Å². The van der Waals surface area contributed by atoms with Gasteiger partial charge in [-0.2, -0.15) is 9.59 Å². The van der Waals surface area contributed by atoms with Crippen LogP contribution in [0.25, 0.3) is 67.0 Å². The number of phenolic OH excluding ortho intramolecular Hbond substituents is 1. The number of aromatic hydroxyl groups is 1. The third-order valence-corrected chi connectivity index (χ3v) is 27.7. The molecule has 0 spiro atoms. The number of nitrogens with one attached hydrogen (secondary N) is 1. The van der Waals surface area contributed by atoms with Gasteiger partial charge in [-0.25, -0.2) is 9.59 Å². The van der Waals surface area contributed by atoms with Crippen LogP contribution in [0.15, 0.2) is 265 Å². The standard InChI is InChI=1S/C26H31NO4.C26H29NO3.C25H27NO3.C24H25NO4.C16H21NO2.CO2.CH4/c1-18(16-19-10-12-21(29)13-11-19)26(30)27-14-4-6-20(27)17-23-22-7-2-3-8-24(22)31-25(23)9-5-15-28;1-18-16-19-10-12-21(13-11-19)29-15-5-9-25-23(22-7-2-3-8-24(22)30-25)17-20-6-4-14-27(20)26(18)28;1-2-3-14-24-22(21-13-7-8-15-23(21)29-24)17-20-12-9-16-26(20)25(27)28-18-19-10-5-4-6-11-19;26-15-7-13-23-21(20-11-4-5-12-22(20)29-23)16-19-10-6-14-25(19)24(27)28-17-18-8-2-1-3-9-18;18-10-4-8-16-14(11-12-5-3-9-17-12)13-6-1-2-7-15(13)19-16;2-1-3;/h2-3,7-8,10-13,18,20,28-29H,4-6,9,14-17H2,1H3;2-3,7-8,10-13,18,20H,4-6,9,14-17H2,1H3;3-8,10-11,13-15,20H,2,9,12,16-18H2,1H3;1-5,7-9,11-13,19,26H,6,10,14-17H2;1-2,6-7,12,17-18H,3-5,8-11H2;;1H4/b;;14-3+;13-7+;;;/t2*18-,20-;20-;19-;12-;;/m00000../s1. The first-order chi connectivity index (χ1) is 69.1. The monoisotopic (exact) mass is 1920 g/mol. The number of likely N-dealkylation sites (tertiary alicyclic amines) is 3. The maximum atomic E-state index is 13.3. The fourth-order valence-corrected chi connectivity index (χ4v) is 20.7. The van der Waals surface area contributed by atoms with Gasteiger partial charge in [0.2, 0.25) is 11.8 Å². The Morgan fingerprint density at radius 3 is 1.46 bits per heavy atom. The molecule has 0 saturated carbocycles. The lowest BCUT2D eigenvalue weighted by atomic mass is 9.96. The molecule has 746 valence electrons. The summed E-state index contributed by atoms with van der Waals surface area (Å²) in [4.78, 5) is 76.2. The van der Waals surface area contributed by atoms with Crippen molar-refractivity contribution in [3.63, 3.8) is 0 Å². The maximum absolute atomic E-state index is 13.3. The lowest BCUT2D eigenvalue weighted by Crippen LogP contribution is -2.40. The number of phenols is 1. The first-order valence-electron chi connectivity index (χ1n) is 50.5. The topological polar surface area (TPSA) is 302 Å². The Labute approximate surface area is 832 Å². The summed E-state index contributed by atoms with van der Waals surface area (Å²) < 4.78 is 47.5. The molecule has 5 saturated heterocycles. The van der Waals surface area contributed by atoms with Crippen molar-refractivity contribution >= 4 is 97.2 Å². The molecule has 5 N–H and O–H groups in total. The molecule has 2 bridgehead atoms. The predicted octanol–water partition coefficient (Wildman–Crippen LogP) is 23.3. The molecule has 12 heterocycles. The van der Waals surface area contributed by atoms with Gasteiger partial charge in [0.25, 0.3) is 0 Å². The number of rotatable bonds is 25. The molecule has 7 aliphatic rings. The number of hydrogen-bond acceptors (Lipinski definition) is 19. The van der Waals surface area contributed by atoms with E-state index < -0.39 is 0 Å². The summed E-state index contributed by atoms with van der Waals surface area (Å²) in [6.07, 6.45) is 29.2. The van der Waals surface area contributed by atoms with Gasteiger partial charge in [0.15, 0.2) is 0 Å². The summed E-state index contributed by atoms with van der Waals surface area (Å²) in [6.45, 7) is 12.0. The predicted molar refractivity (Wildman–Crippen MR) is 555 cm³/mol. The number of aliphatic hydroxyl groups is 3. The second-order valence-electron chi connectivity index (χ2n) is 37.5. The average molecular weight is 1930 g/mol. The normalized spacial score (nSPS) is 18.1. The number of ether oxygens (including phenoxy) is 3. The van der Waals surface area contributed by atoms with Crippen molar-refractivity contribution in [3.05, 3.63) is 322 Å². The highest BCUT2D eigenvalue weighted by Gasteiger charge is 2.38. The number of carbonyl (C=O) groups is 4. The number of aliphatic hydroxyl groups excluding tert-OH is 3. The van der Waals surface area contributed by atoms with E-state index in [1.54, 1.807) is 18.2 Å². The summed E-state index contributed by atoms with van der Waals surface area (Å²) >= 11 is 0. The van der Waals surface area contributed by atoms with E-state index in [2.05, 4.69) is 89.6 Å². The van der Waals surface area contributed by atoms with Gasteiger partial charge in [-0.3, -0.25) is 9.59 Å². The van der Waals surface area contributed by atoms with E-state index in [4.69, 9.17) is 56.1 Å². The van der Waals surface area contributed by atoms with E-state index in [-0.39, 0.29) is 106 Å². The molecule has 21 rings (SSSR count). The molecule has 9 aromatic carbocycles. The van der Waals surface area contributed by atoms with Gasteiger partial charge < -0.3 is 81.6 Å². The second-order valence-corrected chi connectivity index (χ2v) is 37.5. The van der Waals surface area contributed by atoms with Gasteiger partial charge in [0.1, 0.15) is 81.4 Å². The number of allylic oxidation sites excluding steroid dienone is 1. The van der Waals surface area contributed by atoms with Crippen molar-refractivity contribution in [1.82, 2.24) is 24.9 Å². The van der Waals surface area contributed by atoms with E-state index in [0.29, 0.717) is 51.5 Å². The summed E-state index contributed by atoms with van der Waals surface area (Å²) in [6, 6.07) is 76.7. The molecule has 23 nitrogen and oxygen atoms in total. The van der Waals surface area contributed by atoms with Crippen LogP contribution >= 0.6 is 0 Å². The number of hydrogen-bond donors (Lipinski definition) is 5. The molecule has 5 aromatic heterocycles. The van der Waals surface area contributed by atoms with Crippen LogP contribution in [0.5, 0.6) is 11.5 Å². The van der Waals surface area contributed by atoms with Gasteiger partial charge >= 0.3 is 18.3 Å². The van der Waals surface area contributed by atoms with Crippen molar-refractivity contribution in [1.29, 1.82) is 0 Å². The molecule has 14 aromatic rings. The largest absolute Gasteiger partial charge is 0.508 e. The van der Waals surface area contributed by atoms with Crippen molar-refractivity contribution in [3.8, 4) is 11.5 Å². The first-order valence-corrected chi connectivity index (χ1v) is 50.5. The molecule has 7 atom stereocenters. The van der Waals surface area contributed by atoms with Crippen molar-refractivity contribution < 1.29 is 85.5 Å². The van der Waals surface area contributed by atoms with Crippen LogP contribution in [0.4, 0.5) is 9.59 Å². The summed E-state index contributed by atoms with van der Waals surface area (Å²) in [5.41, 5.74) is 14.8. The fourth-order valence-electron chi connectivity index (χ4n) is 20.7. The van der Waals surface area contributed by atoms with Gasteiger partial charge in [-0.05, 0) is 230 Å². The number of para-hydroxylation sites is 5.